The predicted molar refractivity (Wildman–Crippen MR) is 132 cm³/mol. The number of sulfone groups is 1. The molecule has 11 heteroatoms. The van der Waals surface area contributed by atoms with Crippen molar-refractivity contribution in [2.24, 2.45) is 0 Å². The molecule has 0 aliphatic rings. The third kappa shape index (κ3) is 5.81. The van der Waals surface area contributed by atoms with Gasteiger partial charge in [-0.25, -0.2) is 13.4 Å². The summed E-state index contributed by atoms with van der Waals surface area (Å²) in [5, 5.41) is 24.6. The normalized spacial score (nSPS) is 12.5. The van der Waals surface area contributed by atoms with Crippen LogP contribution in [-0.2, 0) is 9.84 Å². The zero-order valence-electron chi connectivity index (χ0n) is 19.5. The minimum absolute atomic E-state index is 0.0546. The number of aliphatic hydroxyl groups excluding tert-OH is 1. The fourth-order valence-electron chi connectivity index (χ4n) is 3.28. The first kappa shape index (κ1) is 24.3. The SMILES string of the molecule is CC(C)c1nnc(-c2cnc(Nc3ccc(S(C)(=O)=O)cc3)nc2N[C@H](CO)c2ccccc2)o1. The predicted octanol–water partition coefficient (Wildman–Crippen LogP) is 3.94. The number of anilines is 3. The van der Waals surface area contributed by atoms with Crippen molar-refractivity contribution in [3.8, 4) is 11.5 Å². The zero-order chi connectivity index (χ0) is 25.0. The van der Waals surface area contributed by atoms with Crippen LogP contribution in [0.25, 0.3) is 11.5 Å². The van der Waals surface area contributed by atoms with Crippen LogP contribution in [0.4, 0.5) is 17.5 Å². The van der Waals surface area contributed by atoms with Crippen molar-refractivity contribution in [3.05, 3.63) is 72.2 Å². The average Bonchev–Trinajstić information content (AvgIpc) is 3.33. The van der Waals surface area contributed by atoms with E-state index < -0.39 is 15.9 Å². The molecule has 0 unspecified atom stereocenters. The molecule has 1 atom stereocenters. The van der Waals surface area contributed by atoms with Gasteiger partial charge in [0, 0.05) is 24.1 Å². The second kappa shape index (κ2) is 10.2. The third-order valence-corrected chi connectivity index (χ3v) is 6.32. The molecule has 10 nitrogen and oxygen atoms in total. The molecule has 0 aliphatic heterocycles. The van der Waals surface area contributed by atoms with Crippen LogP contribution in [0.1, 0.15) is 37.3 Å². The highest BCUT2D eigenvalue weighted by Crippen LogP contribution is 2.30. The van der Waals surface area contributed by atoms with Gasteiger partial charge in [0.1, 0.15) is 5.82 Å². The van der Waals surface area contributed by atoms with E-state index in [4.69, 9.17) is 4.42 Å². The van der Waals surface area contributed by atoms with E-state index in [1.807, 2.05) is 44.2 Å². The van der Waals surface area contributed by atoms with Crippen LogP contribution in [0.15, 0.2) is 70.1 Å². The molecule has 182 valence electrons. The Morgan fingerprint density at radius 2 is 1.74 bits per heavy atom. The quantitative estimate of drug-likeness (QED) is 0.313. The highest BCUT2D eigenvalue weighted by Gasteiger charge is 2.20. The molecule has 0 radical (unpaired) electrons. The van der Waals surface area contributed by atoms with Gasteiger partial charge >= 0.3 is 0 Å². The summed E-state index contributed by atoms with van der Waals surface area (Å²) in [6.07, 6.45) is 2.71. The lowest BCUT2D eigenvalue weighted by atomic mass is 10.1. The van der Waals surface area contributed by atoms with Gasteiger partial charge in [0.25, 0.3) is 5.89 Å². The summed E-state index contributed by atoms with van der Waals surface area (Å²) in [6.45, 7) is 3.72. The van der Waals surface area contributed by atoms with Gasteiger partial charge in [-0.1, -0.05) is 44.2 Å². The molecule has 0 bridgehead atoms. The van der Waals surface area contributed by atoms with Crippen molar-refractivity contribution in [3.63, 3.8) is 0 Å². The Morgan fingerprint density at radius 1 is 1.03 bits per heavy atom. The summed E-state index contributed by atoms with van der Waals surface area (Å²) >= 11 is 0. The maximum absolute atomic E-state index is 11.7. The topological polar surface area (TPSA) is 143 Å². The lowest BCUT2D eigenvalue weighted by molar-refractivity contribution is 0.276. The molecule has 35 heavy (non-hydrogen) atoms. The van der Waals surface area contributed by atoms with Gasteiger partial charge < -0.3 is 20.2 Å². The molecule has 2 aromatic carbocycles. The fraction of sp³-hybridized carbons (Fsp3) is 0.250. The van der Waals surface area contributed by atoms with Crippen LogP contribution in [0.5, 0.6) is 0 Å². The van der Waals surface area contributed by atoms with Crippen molar-refractivity contribution in [1.29, 1.82) is 0 Å². The Labute approximate surface area is 203 Å². The van der Waals surface area contributed by atoms with E-state index in [2.05, 4.69) is 30.8 Å². The maximum atomic E-state index is 11.7. The Morgan fingerprint density at radius 3 is 2.34 bits per heavy atom. The van der Waals surface area contributed by atoms with Gasteiger partial charge in [-0.2, -0.15) is 4.98 Å². The lowest BCUT2D eigenvalue weighted by Crippen LogP contribution is -2.17. The third-order valence-electron chi connectivity index (χ3n) is 5.19. The van der Waals surface area contributed by atoms with E-state index in [1.54, 1.807) is 18.3 Å². The Kier molecular flexibility index (Phi) is 7.08. The van der Waals surface area contributed by atoms with E-state index in [0.29, 0.717) is 23.0 Å². The van der Waals surface area contributed by atoms with Crippen LogP contribution in [0, 0.1) is 0 Å². The van der Waals surface area contributed by atoms with Crippen molar-refractivity contribution < 1.29 is 17.9 Å². The zero-order valence-corrected chi connectivity index (χ0v) is 20.3. The highest BCUT2D eigenvalue weighted by molar-refractivity contribution is 7.90. The number of aliphatic hydroxyl groups is 1. The molecule has 0 fully saturated rings. The number of hydrogen-bond donors (Lipinski definition) is 3. The van der Waals surface area contributed by atoms with Gasteiger partial charge in [0.05, 0.1) is 23.1 Å². The first-order chi connectivity index (χ1) is 16.7. The average molecular weight is 495 g/mol. The van der Waals surface area contributed by atoms with E-state index in [0.717, 1.165) is 11.8 Å². The minimum atomic E-state index is -3.30. The second-order valence-electron chi connectivity index (χ2n) is 8.27. The molecular weight excluding hydrogens is 468 g/mol. The molecule has 0 saturated heterocycles. The number of rotatable bonds is 9. The molecule has 2 heterocycles. The summed E-state index contributed by atoms with van der Waals surface area (Å²) in [5.41, 5.74) is 1.97. The van der Waals surface area contributed by atoms with E-state index in [9.17, 15) is 13.5 Å². The molecule has 3 N–H and O–H groups in total. The second-order valence-corrected chi connectivity index (χ2v) is 10.3. The molecule has 0 aliphatic carbocycles. The fourth-order valence-corrected chi connectivity index (χ4v) is 3.92. The van der Waals surface area contributed by atoms with Gasteiger partial charge in [-0.15, -0.1) is 10.2 Å². The van der Waals surface area contributed by atoms with Crippen LogP contribution in [0.3, 0.4) is 0 Å². The number of nitrogens with zero attached hydrogens (tertiary/aromatic N) is 4. The van der Waals surface area contributed by atoms with Crippen molar-refractivity contribution in [1.82, 2.24) is 20.2 Å². The first-order valence-corrected chi connectivity index (χ1v) is 12.8. The van der Waals surface area contributed by atoms with E-state index >= 15 is 0 Å². The largest absolute Gasteiger partial charge is 0.420 e. The molecule has 0 saturated carbocycles. The molecule has 0 spiro atoms. The summed E-state index contributed by atoms with van der Waals surface area (Å²) in [6, 6.07) is 15.3. The molecular formula is C24H26N6O4S. The molecule has 2 aromatic heterocycles. The number of aromatic nitrogens is 4. The van der Waals surface area contributed by atoms with Crippen LogP contribution < -0.4 is 10.6 Å². The van der Waals surface area contributed by atoms with Crippen LogP contribution in [-0.4, -0.2) is 46.6 Å². The maximum Gasteiger partial charge on any atom is 0.253 e. The first-order valence-electron chi connectivity index (χ1n) is 10.9. The van der Waals surface area contributed by atoms with Crippen LogP contribution in [0.2, 0.25) is 0 Å². The summed E-state index contributed by atoms with van der Waals surface area (Å²) in [5.74, 6) is 1.44. The number of benzene rings is 2. The smallest absolute Gasteiger partial charge is 0.253 e. The molecule has 4 aromatic rings. The standard InChI is InChI=1S/C24H26N6O4S/c1-15(2)22-29-30-23(34-22)19-13-25-24(26-17-9-11-18(12-10-17)35(3,32)33)28-21(19)27-20(14-31)16-7-5-4-6-8-16/h4-13,15,20,31H,14H2,1-3H3,(H2,25,26,27,28)/t20-/m1/s1. The van der Waals surface area contributed by atoms with Gasteiger partial charge in [-0.3, -0.25) is 0 Å². The highest BCUT2D eigenvalue weighted by atomic mass is 32.2. The number of hydrogen-bond acceptors (Lipinski definition) is 10. The van der Waals surface area contributed by atoms with Gasteiger partial charge in [-0.05, 0) is 29.8 Å². The van der Waals surface area contributed by atoms with E-state index in [-0.39, 0.29) is 29.3 Å². The van der Waals surface area contributed by atoms with E-state index in [1.165, 1.54) is 12.1 Å². The Hall–Kier alpha value is -3.83. The number of nitrogens with one attached hydrogen (secondary N) is 2. The lowest BCUT2D eigenvalue weighted by Gasteiger charge is -2.19. The summed E-state index contributed by atoms with van der Waals surface area (Å²) < 4.78 is 29.2. The monoisotopic (exact) mass is 494 g/mol. The molecule has 0 amide bonds. The van der Waals surface area contributed by atoms with Gasteiger partial charge in [0.15, 0.2) is 9.84 Å². The van der Waals surface area contributed by atoms with Gasteiger partial charge in [0.2, 0.25) is 11.8 Å². The summed E-state index contributed by atoms with van der Waals surface area (Å²) in [4.78, 5) is 9.18. The van der Waals surface area contributed by atoms with Crippen LogP contribution >= 0.6 is 0 Å². The van der Waals surface area contributed by atoms with Crippen molar-refractivity contribution in [2.45, 2.75) is 30.7 Å². The Bertz CT molecular complexity index is 1390. The Balaban J connectivity index is 1.69. The summed E-state index contributed by atoms with van der Waals surface area (Å²) in [7, 11) is -3.30. The molecule has 4 rings (SSSR count). The minimum Gasteiger partial charge on any atom is -0.420 e. The van der Waals surface area contributed by atoms with Crippen molar-refractivity contribution >= 4 is 27.3 Å². The van der Waals surface area contributed by atoms with Crippen molar-refractivity contribution in [2.75, 3.05) is 23.5 Å².